The molecule has 104 valence electrons. The molecule has 0 spiro atoms. The molecule has 0 heterocycles. The van der Waals surface area contributed by atoms with E-state index in [-0.39, 0.29) is 4.90 Å². The zero-order valence-electron chi connectivity index (χ0n) is 9.67. The number of hydrogen-bond acceptors (Lipinski definition) is 6. The summed E-state index contributed by atoms with van der Waals surface area (Å²) in [5.41, 5.74) is 0. The number of sulfone groups is 1. The Morgan fingerprint density at radius 2 is 1.84 bits per heavy atom. The van der Waals surface area contributed by atoms with Crippen LogP contribution in [0.3, 0.4) is 0 Å². The van der Waals surface area contributed by atoms with Gasteiger partial charge in [-0.2, -0.15) is 8.42 Å². The van der Waals surface area contributed by atoms with Crippen LogP contribution in [0.1, 0.15) is 6.42 Å². The molecule has 7 nitrogen and oxygen atoms in total. The minimum absolute atomic E-state index is 0.0231. The van der Waals surface area contributed by atoms with Crippen LogP contribution < -0.4 is 0 Å². The minimum atomic E-state index is -3.82. The van der Waals surface area contributed by atoms with Gasteiger partial charge in [0.1, 0.15) is 5.75 Å². The van der Waals surface area contributed by atoms with E-state index in [1.165, 1.54) is 24.3 Å². The Hall–Kier alpha value is -1.74. The van der Waals surface area contributed by atoms with E-state index in [0.717, 1.165) is 0 Å². The smallest absolute Gasteiger partial charge is 0.231 e. The molecule has 1 aromatic carbocycles. The maximum Gasteiger partial charge on any atom is 0.231 e. The maximum atomic E-state index is 11.9. The third kappa shape index (κ3) is 4.79. The Bertz CT molecular complexity index is 670. The largest absolute Gasteiger partial charge is 0.264 e. The molecule has 0 bridgehead atoms. The third-order valence-corrected chi connectivity index (χ3v) is 4.60. The second-order valence-corrected chi connectivity index (χ2v) is 6.59. The van der Waals surface area contributed by atoms with E-state index in [0.29, 0.717) is 5.37 Å². The van der Waals surface area contributed by atoms with Crippen LogP contribution >= 0.6 is 0 Å². The first-order valence-electron chi connectivity index (χ1n) is 5.15. The molecule has 0 aliphatic carbocycles. The lowest BCUT2D eigenvalue weighted by Crippen LogP contribution is -2.29. The van der Waals surface area contributed by atoms with E-state index < -0.39 is 43.3 Å². The highest BCUT2D eigenvalue weighted by molar-refractivity contribution is 7.91. The molecule has 9 heteroatoms. The summed E-state index contributed by atoms with van der Waals surface area (Å²) in [6, 6.07) is 5.82. The summed E-state index contributed by atoms with van der Waals surface area (Å²) in [4.78, 5) is 9.93. The predicted octanol–water partition coefficient (Wildman–Crippen LogP) is 0.177. The molecule has 1 rings (SSSR count). The molecule has 0 fully saturated rings. The molecule has 0 aliphatic heterocycles. The molecule has 0 saturated heterocycles. The fraction of sp³-hybridized carbons (Fsp3) is 0.300. The number of nitrogens with zero attached hydrogens (tertiary/aromatic N) is 1. The van der Waals surface area contributed by atoms with Gasteiger partial charge < -0.3 is 0 Å². The van der Waals surface area contributed by atoms with Gasteiger partial charge in [0.15, 0.2) is 9.84 Å². The molecule has 0 saturated carbocycles. The van der Waals surface area contributed by atoms with Crippen molar-refractivity contribution in [2.45, 2.75) is 17.4 Å². The van der Waals surface area contributed by atoms with Crippen molar-refractivity contribution in [1.29, 1.82) is 0 Å². The van der Waals surface area contributed by atoms with Gasteiger partial charge >= 0.3 is 0 Å². The van der Waals surface area contributed by atoms with E-state index in [9.17, 15) is 26.9 Å². The van der Waals surface area contributed by atoms with Gasteiger partial charge in [-0.05, 0) is 12.1 Å². The highest BCUT2D eigenvalue weighted by Gasteiger charge is 2.28. The summed E-state index contributed by atoms with van der Waals surface area (Å²) in [5, 5.41) is 11.4. The van der Waals surface area contributed by atoms with Gasteiger partial charge in [0.2, 0.25) is 16.3 Å². The number of rotatable bonds is 6. The first-order valence-corrected chi connectivity index (χ1v) is 7.94. The van der Waals surface area contributed by atoms with E-state index in [1.807, 2.05) is 0 Å². The van der Waals surface area contributed by atoms with E-state index in [4.69, 9.17) is 0 Å². The van der Waals surface area contributed by atoms with Gasteiger partial charge in [0.05, 0.1) is 4.90 Å². The number of benzene rings is 1. The lowest BCUT2D eigenvalue weighted by molar-refractivity contribution is -0.514. The van der Waals surface area contributed by atoms with Crippen LogP contribution in [0.25, 0.3) is 0 Å². The second-order valence-electron chi connectivity index (χ2n) is 3.70. The van der Waals surface area contributed by atoms with Gasteiger partial charge in [0, 0.05) is 16.7 Å². The zero-order chi connectivity index (χ0) is 14.5. The quantitative estimate of drug-likeness (QED) is 0.421. The highest BCUT2D eigenvalue weighted by atomic mass is 32.2. The van der Waals surface area contributed by atoms with Crippen LogP contribution in [0.15, 0.2) is 35.2 Å². The molecule has 0 N–H and O–H groups in total. The summed E-state index contributed by atoms with van der Waals surface area (Å²) in [6.45, 7) is 0. The summed E-state index contributed by atoms with van der Waals surface area (Å²) < 4.78 is 44.5. The third-order valence-electron chi connectivity index (χ3n) is 2.32. The van der Waals surface area contributed by atoms with Crippen molar-refractivity contribution in [1.82, 2.24) is 0 Å². The number of hydrogen-bond donors (Lipinski definition) is 0. The van der Waals surface area contributed by atoms with Crippen molar-refractivity contribution >= 4 is 25.5 Å². The summed E-state index contributed by atoms with van der Waals surface area (Å²) in [5.74, 6) is -0.738. The molecule has 0 radical (unpaired) electrons. The first-order chi connectivity index (χ1) is 8.83. The minimum Gasteiger partial charge on any atom is -0.264 e. The average Bonchev–Trinajstić information content (AvgIpc) is 2.35. The Labute approximate surface area is 111 Å². The molecular weight excluding hydrogens is 294 g/mol. The highest BCUT2D eigenvalue weighted by Crippen LogP contribution is 2.13. The lowest BCUT2D eigenvalue weighted by Gasteiger charge is -2.07. The topological polar surface area (TPSA) is 111 Å². The van der Waals surface area contributed by atoms with Gasteiger partial charge in [-0.15, -0.1) is 0 Å². The first kappa shape index (κ1) is 15.3. The van der Waals surface area contributed by atoms with Gasteiger partial charge in [-0.3, -0.25) is 10.1 Å². The fourth-order valence-corrected chi connectivity index (χ4v) is 3.29. The Morgan fingerprint density at radius 3 is 2.32 bits per heavy atom. The van der Waals surface area contributed by atoms with Crippen molar-refractivity contribution in [2.75, 3.05) is 5.75 Å². The van der Waals surface area contributed by atoms with Gasteiger partial charge in [0.25, 0.3) is 0 Å². The van der Waals surface area contributed by atoms with Crippen LogP contribution in [0, 0.1) is 10.1 Å². The lowest BCUT2D eigenvalue weighted by atomic mass is 10.3. The van der Waals surface area contributed by atoms with Crippen LogP contribution in [0.4, 0.5) is 0 Å². The van der Waals surface area contributed by atoms with Crippen molar-refractivity contribution < 1.29 is 21.8 Å². The van der Waals surface area contributed by atoms with Crippen LogP contribution in [0.2, 0.25) is 0 Å². The monoisotopic (exact) mass is 305 g/mol. The number of nitro groups is 1. The summed E-state index contributed by atoms with van der Waals surface area (Å²) >= 11 is 0. The van der Waals surface area contributed by atoms with Crippen LogP contribution in [-0.2, 0) is 20.1 Å². The SMILES string of the molecule is O=[N+]([O-])C(CC=S(=O)=O)CS(=O)(=O)c1ccccc1. The summed E-state index contributed by atoms with van der Waals surface area (Å²) in [6.07, 6.45) is -0.449. The Balaban J connectivity index is 2.97. The second kappa shape index (κ2) is 6.43. The van der Waals surface area contributed by atoms with E-state index in [1.54, 1.807) is 6.07 Å². The predicted molar refractivity (Wildman–Crippen MR) is 68.9 cm³/mol. The maximum absolute atomic E-state index is 11.9. The van der Waals surface area contributed by atoms with Crippen LogP contribution in [0.5, 0.6) is 0 Å². The molecule has 1 unspecified atom stereocenters. The molecular formula is C10H11NO6S2. The van der Waals surface area contributed by atoms with E-state index in [2.05, 4.69) is 0 Å². The average molecular weight is 305 g/mol. The molecule has 1 aromatic rings. The van der Waals surface area contributed by atoms with E-state index >= 15 is 0 Å². The Morgan fingerprint density at radius 1 is 1.26 bits per heavy atom. The van der Waals surface area contributed by atoms with Crippen molar-refractivity contribution in [3.05, 3.63) is 40.4 Å². The van der Waals surface area contributed by atoms with Gasteiger partial charge in [-0.1, -0.05) is 18.2 Å². The molecule has 19 heavy (non-hydrogen) atoms. The standard InChI is InChI=1S/C10H11NO6S2/c12-11(13)9(6-7-18(14)15)8-19(16,17)10-4-2-1-3-5-10/h1-5,7,9H,6,8H2. The normalized spacial score (nSPS) is 12.6. The fourth-order valence-electron chi connectivity index (χ4n) is 1.38. The zero-order valence-corrected chi connectivity index (χ0v) is 11.3. The molecule has 1 atom stereocenters. The molecule has 0 aliphatic rings. The van der Waals surface area contributed by atoms with Crippen molar-refractivity contribution in [3.63, 3.8) is 0 Å². The molecule has 0 aromatic heterocycles. The van der Waals surface area contributed by atoms with Crippen molar-refractivity contribution in [3.8, 4) is 0 Å². The summed E-state index contributed by atoms with van der Waals surface area (Å²) in [7, 11) is -6.36. The Kier molecular flexibility index (Phi) is 5.19. The van der Waals surface area contributed by atoms with Crippen LogP contribution in [-0.4, -0.2) is 38.9 Å². The van der Waals surface area contributed by atoms with Gasteiger partial charge in [-0.25, -0.2) is 8.42 Å². The van der Waals surface area contributed by atoms with Crippen molar-refractivity contribution in [2.24, 2.45) is 0 Å². The molecule has 0 amide bonds.